The van der Waals surface area contributed by atoms with Crippen LogP contribution >= 0.6 is 11.3 Å². The first-order valence-corrected chi connectivity index (χ1v) is 10.7. The molecule has 0 spiro atoms. The largest absolute Gasteiger partial charge is 0.487 e. The highest BCUT2D eigenvalue weighted by molar-refractivity contribution is 7.14. The maximum absolute atomic E-state index is 13.2. The van der Waals surface area contributed by atoms with Crippen molar-refractivity contribution in [3.05, 3.63) is 53.8 Å². The number of aromatic nitrogens is 3. The smallest absolute Gasteiger partial charge is 0.272 e. The van der Waals surface area contributed by atoms with E-state index in [9.17, 15) is 13.6 Å². The molecule has 1 atom stereocenters. The summed E-state index contributed by atoms with van der Waals surface area (Å²) in [6.07, 6.45) is 3.45. The molecule has 0 N–H and O–H groups in total. The van der Waals surface area contributed by atoms with Gasteiger partial charge in [0, 0.05) is 31.2 Å². The van der Waals surface area contributed by atoms with Gasteiger partial charge in [-0.25, -0.2) is 23.7 Å². The number of amides is 1. The Bertz CT molecular complexity index is 1020. The van der Waals surface area contributed by atoms with E-state index in [4.69, 9.17) is 9.47 Å². The predicted molar refractivity (Wildman–Crippen MR) is 111 cm³/mol. The molecule has 7 nitrogen and oxygen atoms in total. The van der Waals surface area contributed by atoms with Crippen LogP contribution in [-0.4, -0.2) is 58.0 Å². The fourth-order valence-electron chi connectivity index (χ4n) is 3.33. The van der Waals surface area contributed by atoms with Gasteiger partial charge >= 0.3 is 0 Å². The lowest BCUT2D eigenvalue weighted by Crippen LogP contribution is -2.44. The van der Waals surface area contributed by atoms with Gasteiger partial charge < -0.3 is 14.4 Å². The summed E-state index contributed by atoms with van der Waals surface area (Å²) >= 11 is 1.43. The third-order valence-electron chi connectivity index (χ3n) is 4.70. The average Bonchev–Trinajstić information content (AvgIpc) is 3.28. The zero-order valence-corrected chi connectivity index (χ0v) is 17.3. The molecule has 0 unspecified atom stereocenters. The van der Waals surface area contributed by atoms with E-state index in [0.717, 1.165) is 17.7 Å². The van der Waals surface area contributed by atoms with Crippen LogP contribution < -0.4 is 9.47 Å². The number of halogens is 2. The van der Waals surface area contributed by atoms with Gasteiger partial charge in [-0.3, -0.25) is 4.79 Å². The minimum Gasteiger partial charge on any atom is -0.487 e. The van der Waals surface area contributed by atoms with Crippen LogP contribution in [0.1, 0.15) is 23.2 Å². The second-order valence-corrected chi connectivity index (χ2v) is 7.82. The lowest BCUT2D eigenvalue weighted by molar-refractivity contribution is 0.0526. The maximum atomic E-state index is 13.2. The quantitative estimate of drug-likeness (QED) is 0.547. The van der Waals surface area contributed by atoms with Crippen molar-refractivity contribution in [1.29, 1.82) is 0 Å². The second kappa shape index (κ2) is 9.78. The molecule has 3 aromatic heterocycles. The van der Waals surface area contributed by atoms with E-state index in [1.807, 2.05) is 5.38 Å². The number of likely N-dealkylation sites (tertiary alicyclic amines) is 1. The number of ether oxygens (including phenoxy) is 2. The second-order valence-electron chi connectivity index (χ2n) is 6.90. The third kappa shape index (κ3) is 5.32. The van der Waals surface area contributed by atoms with Crippen molar-refractivity contribution in [3.63, 3.8) is 0 Å². The molecule has 0 aliphatic carbocycles. The molecule has 4 heterocycles. The molecule has 4 rings (SSSR count). The highest BCUT2D eigenvalue weighted by atomic mass is 32.1. The Labute approximate surface area is 181 Å². The van der Waals surface area contributed by atoms with Crippen molar-refractivity contribution in [1.82, 2.24) is 19.9 Å². The third-order valence-corrected chi connectivity index (χ3v) is 5.61. The van der Waals surface area contributed by atoms with Gasteiger partial charge in [-0.05, 0) is 36.4 Å². The molecule has 1 amide bonds. The summed E-state index contributed by atoms with van der Waals surface area (Å²) in [6, 6.07) is 6.49. The summed E-state index contributed by atoms with van der Waals surface area (Å²) in [6.45, 7) is 0.325. The normalized spacial score (nSPS) is 16.4. The van der Waals surface area contributed by atoms with Gasteiger partial charge in [0.15, 0.2) is 5.82 Å². The Kier molecular flexibility index (Phi) is 6.66. The lowest BCUT2D eigenvalue weighted by Gasteiger charge is -2.32. The first-order chi connectivity index (χ1) is 15.1. The topological polar surface area (TPSA) is 77.4 Å². The Hall–Kier alpha value is -3.14. The number of hydrogen-bond acceptors (Lipinski definition) is 7. The highest BCUT2D eigenvalue weighted by Gasteiger charge is 2.28. The van der Waals surface area contributed by atoms with Gasteiger partial charge in [0.25, 0.3) is 12.3 Å². The SMILES string of the molecule is O=C(c1ccsc1-c1ncccn1)N1CCC[C@@H](Oc2cc(OCC(F)F)ccn2)C1. The molecule has 0 aromatic carbocycles. The summed E-state index contributed by atoms with van der Waals surface area (Å²) < 4.78 is 35.6. The van der Waals surface area contributed by atoms with Crippen molar-refractivity contribution < 1.29 is 23.0 Å². The first kappa shape index (κ1) is 21.1. The van der Waals surface area contributed by atoms with Crippen LogP contribution in [0.4, 0.5) is 8.78 Å². The van der Waals surface area contributed by atoms with Crippen molar-refractivity contribution >= 4 is 17.2 Å². The Morgan fingerprint density at radius 3 is 2.87 bits per heavy atom. The van der Waals surface area contributed by atoms with Gasteiger partial charge in [-0.2, -0.15) is 0 Å². The Balaban J connectivity index is 1.42. The van der Waals surface area contributed by atoms with Crippen molar-refractivity contribution in [2.75, 3.05) is 19.7 Å². The number of thiophene rings is 1. The molecule has 3 aromatic rings. The Morgan fingerprint density at radius 1 is 1.23 bits per heavy atom. The molecule has 10 heteroatoms. The van der Waals surface area contributed by atoms with Gasteiger partial charge in [-0.15, -0.1) is 11.3 Å². The molecule has 162 valence electrons. The first-order valence-electron chi connectivity index (χ1n) is 9.78. The number of nitrogens with zero attached hydrogens (tertiary/aromatic N) is 4. The molecule has 0 saturated carbocycles. The fourth-order valence-corrected chi connectivity index (χ4v) is 4.17. The van der Waals surface area contributed by atoms with Crippen LogP contribution in [-0.2, 0) is 0 Å². The Morgan fingerprint density at radius 2 is 2.06 bits per heavy atom. The van der Waals surface area contributed by atoms with E-state index in [2.05, 4.69) is 15.0 Å². The summed E-state index contributed by atoms with van der Waals surface area (Å²) in [5.41, 5.74) is 0.567. The van der Waals surface area contributed by atoms with Crippen LogP contribution in [0.2, 0.25) is 0 Å². The van der Waals surface area contributed by atoms with Crippen LogP contribution in [0.15, 0.2) is 48.2 Å². The molecular weight excluding hydrogens is 426 g/mol. The van der Waals surface area contributed by atoms with Gasteiger partial charge in [0.05, 0.1) is 17.0 Å². The lowest BCUT2D eigenvalue weighted by atomic mass is 10.1. The van der Waals surface area contributed by atoms with Crippen LogP contribution in [0.3, 0.4) is 0 Å². The van der Waals surface area contributed by atoms with Crippen molar-refractivity contribution in [2.24, 2.45) is 0 Å². The molecule has 1 aliphatic rings. The van der Waals surface area contributed by atoms with Crippen LogP contribution in [0.25, 0.3) is 10.7 Å². The van der Waals surface area contributed by atoms with E-state index in [0.29, 0.717) is 24.5 Å². The number of carbonyl (C=O) groups is 1. The average molecular weight is 446 g/mol. The molecule has 31 heavy (non-hydrogen) atoms. The number of pyridine rings is 1. The van der Waals surface area contributed by atoms with Crippen LogP contribution in [0, 0.1) is 0 Å². The number of piperidine rings is 1. The molecule has 1 aliphatic heterocycles. The fraction of sp³-hybridized carbons (Fsp3) is 0.333. The summed E-state index contributed by atoms with van der Waals surface area (Å²) in [4.78, 5) is 28.3. The number of carbonyl (C=O) groups excluding carboxylic acids is 1. The van der Waals surface area contributed by atoms with Crippen molar-refractivity contribution in [2.45, 2.75) is 25.4 Å². The van der Waals surface area contributed by atoms with E-state index >= 15 is 0 Å². The molecule has 0 bridgehead atoms. The molecule has 1 saturated heterocycles. The number of alkyl halides is 2. The molecular formula is C21H20F2N4O3S. The minimum atomic E-state index is -2.56. The standard InChI is InChI=1S/C21H20F2N4O3S/c22-17(23)13-29-14-4-8-24-18(11-14)30-15-3-1-9-27(12-15)21(28)16-5-10-31-19(16)20-25-6-2-7-26-20/h2,4-8,10-11,15,17H,1,3,9,12-13H2/t15-/m1/s1. The van der Waals surface area contributed by atoms with Gasteiger partial charge in [0.2, 0.25) is 5.88 Å². The summed E-state index contributed by atoms with van der Waals surface area (Å²) in [7, 11) is 0. The maximum Gasteiger partial charge on any atom is 0.272 e. The summed E-state index contributed by atoms with van der Waals surface area (Å²) in [5, 5.41) is 1.85. The van der Waals surface area contributed by atoms with E-state index in [1.165, 1.54) is 29.7 Å². The zero-order valence-electron chi connectivity index (χ0n) is 16.5. The van der Waals surface area contributed by atoms with Crippen LogP contribution in [0.5, 0.6) is 11.6 Å². The molecule has 1 fully saturated rings. The monoisotopic (exact) mass is 446 g/mol. The molecule has 0 radical (unpaired) electrons. The van der Waals surface area contributed by atoms with E-state index in [-0.39, 0.29) is 23.6 Å². The van der Waals surface area contributed by atoms with Gasteiger partial charge in [0.1, 0.15) is 18.5 Å². The predicted octanol–water partition coefficient (Wildman–Crippen LogP) is 3.93. The number of rotatable bonds is 7. The summed E-state index contributed by atoms with van der Waals surface area (Å²) in [5.74, 6) is 0.967. The number of hydrogen-bond donors (Lipinski definition) is 0. The highest BCUT2D eigenvalue weighted by Crippen LogP contribution is 2.29. The van der Waals surface area contributed by atoms with E-state index < -0.39 is 13.0 Å². The van der Waals surface area contributed by atoms with Gasteiger partial charge in [-0.1, -0.05) is 0 Å². The van der Waals surface area contributed by atoms with E-state index in [1.54, 1.807) is 29.4 Å². The minimum absolute atomic E-state index is 0.0982. The van der Waals surface area contributed by atoms with Crippen molar-refractivity contribution in [3.8, 4) is 22.3 Å². The zero-order chi connectivity index (χ0) is 21.6.